The quantitative estimate of drug-likeness (QED) is 0.607. The molecule has 0 saturated carbocycles. The fourth-order valence-electron chi connectivity index (χ4n) is 3.63. The number of aromatic nitrogens is 3. The Hall–Kier alpha value is -3.68. The van der Waals surface area contributed by atoms with Gasteiger partial charge in [0, 0.05) is 44.1 Å². The number of piperazine rings is 1. The van der Waals surface area contributed by atoms with E-state index in [4.69, 9.17) is 9.47 Å². The highest BCUT2D eigenvalue weighted by Crippen LogP contribution is 2.28. The number of amides is 1. The van der Waals surface area contributed by atoms with E-state index in [1.165, 1.54) is 0 Å². The summed E-state index contributed by atoms with van der Waals surface area (Å²) in [6, 6.07) is 13.3. The predicted molar refractivity (Wildman–Crippen MR) is 117 cm³/mol. The summed E-state index contributed by atoms with van der Waals surface area (Å²) in [6.45, 7) is 2.75. The molecule has 2 aromatic heterocycles. The van der Waals surface area contributed by atoms with Gasteiger partial charge in [-0.25, -0.2) is 0 Å². The van der Waals surface area contributed by atoms with E-state index in [1.54, 1.807) is 26.6 Å². The van der Waals surface area contributed by atoms with Gasteiger partial charge in [0.25, 0.3) is 0 Å². The molecule has 31 heavy (non-hydrogen) atoms. The Labute approximate surface area is 181 Å². The summed E-state index contributed by atoms with van der Waals surface area (Å²) in [4.78, 5) is 20.8. The van der Waals surface area contributed by atoms with Gasteiger partial charge in [-0.05, 0) is 42.0 Å². The van der Waals surface area contributed by atoms with Crippen LogP contribution in [0, 0.1) is 0 Å². The normalized spacial score (nSPS) is 13.7. The van der Waals surface area contributed by atoms with Crippen molar-refractivity contribution in [3.8, 4) is 22.8 Å². The van der Waals surface area contributed by atoms with Gasteiger partial charge in [0.15, 0.2) is 17.3 Å². The molecule has 8 nitrogen and oxygen atoms in total. The monoisotopic (exact) mass is 419 g/mol. The van der Waals surface area contributed by atoms with E-state index in [1.807, 2.05) is 47.4 Å². The average molecular weight is 419 g/mol. The number of anilines is 1. The second-order valence-electron chi connectivity index (χ2n) is 7.25. The summed E-state index contributed by atoms with van der Waals surface area (Å²) >= 11 is 0. The molecule has 1 aliphatic rings. The van der Waals surface area contributed by atoms with Crippen molar-refractivity contribution in [3.63, 3.8) is 0 Å². The number of hydrogen-bond acceptors (Lipinski definition) is 7. The van der Waals surface area contributed by atoms with Crippen molar-refractivity contribution in [1.29, 1.82) is 0 Å². The molecule has 0 spiro atoms. The van der Waals surface area contributed by atoms with Crippen molar-refractivity contribution >= 4 is 11.7 Å². The Morgan fingerprint density at radius 2 is 1.65 bits per heavy atom. The summed E-state index contributed by atoms with van der Waals surface area (Å²) < 4.78 is 10.6. The highest BCUT2D eigenvalue weighted by molar-refractivity contribution is 5.79. The summed E-state index contributed by atoms with van der Waals surface area (Å²) in [5.74, 6) is 2.21. The largest absolute Gasteiger partial charge is 0.493 e. The van der Waals surface area contributed by atoms with Crippen LogP contribution in [-0.2, 0) is 11.2 Å². The lowest BCUT2D eigenvalue weighted by Crippen LogP contribution is -2.49. The van der Waals surface area contributed by atoms with E-state index in [2.05, 4.69) is 20.1 Å². The van der Waals surface area contributed by atoms with Crippen LogP contribution in [0.3, 0.4) is 0 Å². The van der Waals surface area contributed by atoms with Crippen molar-refractivity contribution in [2.24, 2.45) is 0 Å². The molecule has 3 aromatic rings. The van der Waals surface area contributed by atoms with E-state index in [-0.39, 0.29) is 5.91 Å². The molecule has 0 aliphatic carbocycles. The fourth-order valence-corrected chi connectivity index (χ4v) is 3.63. The van der Waals surface area contributed by atoms with Crippen molar-refractivity contribution in [2.75, 3.05) is 45.3 Å². The van der Waals surface area contributed by atoms with E-state index >= 15 is 0 Å². The number of hydrogen-bond donors (Lipinski definition) is 0. The Morgan fingerprint density at radius 1 is 0.903 bits per heavy atom. The number of benzene rings is 1. The molecule has 3 heterocycles. The van der Waals surface area contributed by atoms with Crippen LogP contribution in [0.2, 0.25) is 0 Å². The summed E-state index contributed by atoms with van der Waals surface area (Å²) in [6.07, 6.45) is 3.81. The number of pyridine rings is 1. The van der Waals surface area contributed by atoms with Gasteiger partial charge in [0.05, 0.1) is 26.3 Å². The molecule has 0 N–H and O–H groups in total. The lowest BCUT2D eigenvalue weighted by molar-refractivity contribution is -0.130. The van der Waals surface area contributed by atoms with Crippen molar-refractivity contribution in [3.05, 3.63) is 60.4 Å². The van der Waals surface area contributed by atoms with Gasteiger partial charge in [0.2, 0.25) is 5.91 Å². The standard InChI is InChI=1S/C23H25N5O3/c1-30-20-5-3-17(15-21(20)31-2)16-23(29)28-13-11-27(12-14-28)22-6-4-19(25-26-22)18-7-9-24-10-8-18/h3-10,15H,11-14,16H2,1-2H3. The van der Waals surface area contributed by atoms with Gasteiger partial charge < -0.3 is 19.3 Å². The first-order chi connectivity index (χ1) is 15.2. The molecule has 0 bridgehead atoms. The average Bonchev–Trinajstić information content (AvgIpc) is 2.84. The molecule has 4 rings (SSSR count). The van der Waals surface area contributed by atoms with Crippen molar-refractivity contribution < 1.29 is 14.3 Å². The van der Waals surface area contributed by atoms with Crippen molar-refractivity contribution in [1.82, 2.24) is 20.1 Å². The van der Waals surface area contributed by atoms with Crippen LogP contribution in [-0.4, -0.2) is 66.4 Å². The zero-order valence-electron chi connectivity index (χ0n) is 17.7. The van der Waals surface area contributed by atoms with Gasteiger partial charge in [-0.15, -0.1) is 10.2 Å². The summed E-state index contributed by atoms with van der Waals surface area (Å²) in [5, 5.41) is 8.72. The first kappa shape index (κ1) is 20.6. The molecular formula is C23H25N5O3. The van der Waals surface area contributed by atoms with Crippen LogP contribution < -0.4 is 14.4 Å². The van der Waals surface area contributed by atoms with E-state index in [9.17, 15) is 4.79 Å². The van der Waals surface area contributed by atoms with Gasteiger partial charge in [-0.2, -0.15) is 0 Å². The van der Waals surface area contributed by atoms with Crippen LogP contribution in [0.15, 0.2) is 54.9 Å². The zero-order chi connectivity index (χ0) is 21.6. The lowest BCUT2D eigenvalue weighted by atomic mass is 10.1. The van der Waals surface area contributed by atoms with E-state index in [0.717, 1.165) is 35.7 Å². The minimum Gasteiger partial charge on any atom is -0.493 e. The molecule has 1 saturated heterocycles. The zero-order valence-corrected chi connectivity index (χ0v) is 17.7. The maximum Gasteiger partial charge on any atom is 0.227 e. The van der Waals surface area contributed by atoms with Crippen LogP contribution in [0.4, 0.5) is 5.82 Å². The molecule has 0 radical (unpaired) electrons. The number of rotatable bonds is 6. The second kappa shape index (κ2) is 9.42. The van der Waals surface area contributed by atoms with Gasteiger partial charge in [0.1, 0.15) is 0 Å². The Bertz CT molecular complexity index is 1020. The molecule has 0 atom stereocenters. The molecule has 1 amide bonds. The third kappa shape index (κ3) is 4.74. The smallest absolute Gasteiger partial charge is 0.227 e. The molecule has 1 aliphatic heterocycles. The highest BCUT2D eigenvalue weighted by Gasteiger charge is 2.22. The third-order valence-corrected chi connectivity index (χ3v) is 5.39. The second-order valence-corrected chi connectivity index (χ2v) is 7.25. The number of ether oxygens (including phenoxy) is 2. The number of carbonyl (C=O) groups excluding carboxylic acids is 1. The summed E-state index contributed by atoms with van der Waals surface area (Å²) in [7, 11) is 3.19. The minimum atomic E-state index is 0.103. The SMILES string of the molecule is COc1ccc(CC(=O)N2CCN(c3ccc(-c4ccncc4)nn3)CC2)cc1OC. The molecular weight excluding hydrogens is 394 g/mol. The van der Waals surface area contributed by atoms with Crippen LogP contribution in [0.1, 0.15) is 5.56 Å². The van der Waals surface area contributed by atoms with Gasteiger partial charge >= 0.3 is 0 Å². The minimum absolute atomic E-state index is 0.103. The van der Waals surface area contributed by atoms with Crippen LogP contribution in [0.25, 0.3) is 11.3 Å². The number of methoxy groups -OCH3 is 2. The summed E-state index contributed by atoms with van der Waals surface area (Å²) in [5.41, 5.74) is 2.71. The predicted octanol–water partition coefficient (Wildman–Crippen LogP) is 2.45. The molecule has 8 heteroatoms. The van der Waals surface area contributed by atoms with E-state index < -0.39 is 0 Å². The van der Waals surface area contributed by atoms with Gasteiger partial charge in [-0.1, -0.05) is 6.07 Å². The fraction of sp³-hybridized carbons (Fsp3) is 0.304. The van der Waals surface area contributed by atoms with Crippen LogP contribution >= 0.6 is 0 Å². The van der Waals surface area contributed by atoms with Crippen molar-refractivity contribution in [2.45, 2.75) is 6.42 Å². The first-order valence-corrected chi connectivity index (χ1v) is 10.2. The topological polar surface area (TPSA) is 80.7 Å². The molecule has 0 unspecified atom stereocenters. The highest BCUT2D eigenvalue weighted by atomic mass is 16.5. The van der Waals surface area contributed by atoms with E-state index in [0.29, 0.717) is 31.0 Å². The number of nitrogens with zero attached hydrogens (tertiary/aromatic N) is 5. The molecule has 1 fully saturated rings. The number of carbonyl (C=O) groups is 1. The Morgan fingerprint density at radius 3 is 2.29 bits per heavy atom. The third-order valence-electron chi connectivity index (χ3n) is 5.39. The first-order valence-electron chi connectivity index (χ1n) is 10.2. The Balaban J connectivity index is 1.33. The Kier molecular flexibility index (Phi) is 6.26. The maximum absolute atomic E-state index is 12.8. The van der Waals surface area contributed by atoms with Crippen LogP contribution in [0.5, 0.6) is 11.5 Å². The molecule has 160 valence electrons. The molecule has 1 aromatic carbocycles. The maximum atomic E-state index is 12.8. The van der Waals surface area contributed by atoms with Gasteiger partial charge in [-0.3, -0.25) is 9.78 Å². The lowest BCUT2D eigenvalue weighted by Gasteiger charge is -2.35.